The first-order chi connectivity index (χ1) is 13.6. The van der Waals surface area contributed by atoms with E-state index in [4.69, 9.17) is 10.5 Å². The second kappa shape index (κ2) is 7.44. The van der Waals surface area contributed by atoms with Crippen LogP contribution in [0.15, 0.2) is 35.8 Å². The molecule has 0 radical (unpaired) electrons. The Labute approximate surface area is 158 Å². The molecular formula is C16H18N8O4. The predicted octanol–water partition coefficient (Wildman–Crippen LogP) is -1.14. The van der Waals surface area contributed by atoms with Gasteiger partial charge in [-0.2, -0.15) is 15.1 Å². The smallest absolute Gasteiger partial charge is 0.247 e. The summed E-state index contributed by atoms with van der Waals surface area (Å²) in [6.45, 7) is -0.437. The van der Waals surface area contributed by atoms with Gasteiger partial charge in [0.15, 0.2) is 17.7 Å². The summed E-state index contributed by atoms with van der Waals surface area (Å²) in [6.07, 6.45) is 0.0796. The Morgan fingerprint density at radius 2 is 2.11 bits per heavy atom. The molecule has 1 fully saturated rings. The van der Waals surface area contributed by atoms with Crippen LogP contribution >= 0.6 is 0 Å². The van der Waals surface area contributed by atoms with Crippen LogP contribution in [0.5, 0.6) is 0 Å². The molecule has 4 heterocycles. The molecule has 0 aromatic carbocycles. The summed E-state index contributed by atoms with van der Waals surface area (Å²) in [7, 11) is 0. The number of nitrogens with two attached hydrogens (primary N) is 1. The maximum absolute atomic E-state index is 10.2. The fourth-order valence-corrected chi connectivity index (χ4v) is 2.89. The van der Waals surface area contributed by atoms with E-state index in [1.165, 1.54) is 17.1 Å². The Hall–Kier alpha value is -3.19. The monoisotopic (exact) mass is 386 g/mol. The second-order valence-corrected chi connectivity index (χ2v) is 6.11. The standard InChI is InChI=1S/C16H18N8O4/c17-13-10-14(22-16(21-13)23-20-5-8-3-1-2-4-18-8)24(7-19-10)15-12(27)11(26)9(6-25)28-15/h1-5,7,9,11-12,15,25-27H,6H2,(H3,17,21,22,23)/b20-5+/t9-,11-,12-,15-/m1/s1. The number of hydrogen-bond acceptors (Lipinski definition) is 11. The summed E-state index contributed by atoms with van der Waals surface area (Å²) in [5.41, 5.74) is 9.83. The third-order valence-corrected chi connectivity index (χ3v) is 4.29. The maximum Gasteiger partial charge on any atom is 0.247 e. The van der Waals surface area contributed by atoms with Crippen molar-refractivity contribution in [1.29, 1.82) is 0 Å². The van der Waals surface area contributed by atoms with Crippen molar-refractivity contribution >= 4 is 29.1 Å². The van der Waals surface area contributed by atoms with Crippen LogP contribution in [-0.2, 0) is 4.74 Å². The van der Waals surface area contributed by atoms with Crippen LogP contribution in [0.4, 0.5) is 11.8 Å². The molecule has 0 bridgehead atoms. The molecule has 3 aromatic heterocycles. The SMILES string of the molecule is Nc1nc(N/N=C/c2ccccn2)nc2c1ncn2[C@@H]1O[C@H](CO)[C@@H](O)[C@H]1O. The van der Waals surface area contributed by atoms with Crippen molar-refractivity contribution in [2.45, 2.75) is 24.5 Å². The first-order valence-electron chi connectivity index (χ1n) is 8.41. The van der Waals surface area contributed by atoms with Gasteiger partial charge in [-0.05, 0) is 12.1 Å². The number of hydrogen-bond donors (Lipinski definition) is 5. The van der Waals surface area contributed by atoms with Crippen molar-refractivity contribution in [1.82, 2.24) is 24.5 Å². The minimum absolute atomic E-state index is 0.102. The second-order valence-electron chi connectivity index (χ2n) is 6.11. The number of hydrazone groups is 1. The van der Waals surface area contributed by atoms with Crippen molar-refractivity contribution in [3.05, 3.63) is 36.4 Å². The maximum atomic E-state index is 10.2. The Kier molecular flexibility index (Phi) is 4.83. The van der Waals surface area contributed by atoms with Gasteiger partial charge in [-0.15, -0.1) is 0 Å². The highest BCUT2D eigenvalue weighted by Gasteiger charge is 2.44. The predicted molar refractivity (Wildman–Crippen MR) is 98.2 cm³/mol. The molecule has 12 heteroatoms. The number of nitrogen functional groups attached to an aromatic ring is 1. The fraction of sp³-hybridized carbons (Fsp3) is 0.312. The molecule has 0 unspecified atom stereocenters. The number of ether oxygens (including phenoxy) is 1. The van der Waals surface area contributed by atoms with Crippen LogP contribution in [0.3, 0.4) is 0 Å². The molecule has 0 amide bonds. The molecule has 4 rings (SSSR count). The van der Waals surface area contributed by atoms with Crippen LogP contribution in [-0.4, -0.2) is 71.0 Å². The molecule has 0 spiro atoms. The van der Waals surface area contributed by atoms with Crippen molar-refractivity contribution in [3.8, 4) is 0 Å². The largest absolute Gasteiger partial charge is 0.394 e. The first kappa shape index (κ1) is 18.2. The van der Waals surface area contributed by atoms with E-state index < -0.39 is 31.1 Å². The molecular weight excluding hydrogens is 368 g/mol. The van der Waals surface area contributed by atoms with Gasteiger partial charge < -0.3 is 25.8 Å². The first-order valence-corrected chi connectivity index (χ1v) is 8.41. The molecule has 146 valence electrons. The van der Waals surface area contributed by atoms with E-state index in [2.05, 4.69) is 30.5 Å². The number of aliphatic hydroxyl groups excluding tert-OH is 3. The highest BCUT2D eigenvalue weighted by atomic mass is 16.6. The molecule has 4 atom stereocenters. The molecule has 0 aliphatic carbocycles. The van der Waals surface area contributed by atoms with Crippen molar-refractivity contribution in [2.24, 2.45) is 5.10 Å². The topological polar surface area (TPSA) is 177 Å². The van der Waals surface area contributed by atoms with Gasteiger partial charge in [0.25, 0.3) is 0 Å². The van der Waals surface area contributed by atoms with E-state index in [-0.39, 0.29) is 17.4 Å². The van der Waals surface area contributed by atoms with Crippen molar-refractivity contribution in [3.63, 3.8) is 0 Å². The van der Waals surface area contributed by atoms with E-state index in [1.807, 2.05) is 6.07 Å². The Morgan fingerprint density at radius 1 is 1.25 bits per heavy atom. The molecule has 0 saturated carbocycles. The molecule has 28 heavy (non-hydrogen) atoms. The number of aromatic nitrogens is 5. The van der Waals surface area contributed by atoms with Crippen LogP contribution in [0.2, 0.25) is 0 Å². The lowest BCUT2D eigenvalue weighted by molar-refractivity contribution is -0.0511. The number of nitrogens with one attached hydrogen (secondary N) is 1. The quantitative estimate of drug-likeness (QED) is 0.266. The lowest BCUT2D eigenvalue weighted by Gasteiger charge is -2.16. The third-order valence-electron chi connectivity index (χ3n) is 4.29. The minimum atomic E-state index is -1.27. The van der Waals surface area contributed by atoms with Gasteiger partial charge in [0.1, 0.15) is 23.8 Å². The van der Waals surface area contributed by atoms with Crippen molar-refractivity contribution < 1.29 is 20.1 Å². The van der Waals surface area contributed by atoms with Crippen molar-refractivity contribution in [2.75, 3.05) is 17.8 Å². The van der Waals surface area contributed by atoms with Crippen LogP contribution < -0.4 is 11.2 Å². The Morgan fingerprint density at radius 3 is 2.82 bits per heavy atom. The fourth-order valence-electron chi connectivity index (χ4n) is 2.89. The number of fused-ring (bicyclic) bond motifs is 1. The van der Waals surface area contributed by atoms with E-state index in [9.17, 15) is 15.3 Å². The zero-order valence-electron chi connectivity index (χ0n) is 14.5. The van der Waals surface area contributed by atoms with E-state index in [0.717, 1.165) is 0 Å². The third kappa shape index (κ3) is 3.25. The summed E-state index contributed by atoms with van der Waals surface area (Å²) in [6, 6.07) is 5.40. The summed E-state index contributed by atoms with van der Waals surface area (Å²) < 4.78 is 6.94. The lowest BCUT2D eigenvalue weighted by atomic mass is 10.1. The van der Waals surface area contributed by atoms with Gasteiger partial charge in [-0.25, -0.2) is 10.4 Å². The Bertz CT molecular complexity index is 995. The average molecular weight is 386 g/mol. The summed E-state index contributed by atoms with van der Waals surface area (Å²) >= 11 is 0. The summed E-state index contributed by atoms with van der Waals surface area (Å²) in [5, 5.41) is 33.5. The molecule has 1 aliphatic rings. The number of aliphatic hydroxyl groups is 3. The minimum Gasteiger partial charge on any atom is -0.394 e. The van der Waals surface area contributed by atoms with E-state index in [0.29, 0.717) is 11.2 Å². The molecule has 6 N–H and O–H groups in total. The van der Waals surface area contributed by atoms with Gasteiger partial charge in [0.05, 0.1) is 24.8 Å². The zero-order valence-corrected chi connectivity index (χ0v) is 14.5. The highest BCUT2D eigenvalue weighted by Crippen LogP contribution is 2.32. The summed E-state index contributed by atoms with van der Waals surface area (Å²) in [4.78, 5) is 16.7. The number of pyridine rings is 1. The number of rotatable bonds is 5. The van der Waals surface area contributed by atoms with Gasteiger partial charge >= 0.3 is 0 Å². The summed E-state index contributed by atoms with van der Waals surface area (Å²) in [5.74, 6) is 0.205. The van der Waals surface area contributed by atoms with Gasteiger partial charge in [-0.1, -0.05) is 6.07 Å². The lowest BCUT2D eigenvalue weighted by Crippen LogP contribution is -2.33. The van der Waals surface area contributed by atoms with Gasteiger partial charge in [0, 0.05) is 6.20 Å². The van der Waals surface area contributed by atoms with Crippen LogP contribution in [0.25, 0.3) is 11.2 Å². The zero-order chi connectivity index (χ0) is 19.7. The van der Waals surface area contributed by atoms with Crippen LogP contribution in [0.1, 0.15) is 11.9 Å². The number of anilines is 2. The Balaban J connectivity index is 1.63. The van der Waals surface area contributed by atoms with E-state index >= 15 is 0 Å². The number of imidazole rings is 1. The normalized spacial score (nSPS) is 25.0. The van der Waals surface area contributed by atoms with Gasteiger partial charge in [-0.3, -0.25) is 9.55 Å². The molecule has 1 saturated heterocycles. The van der Waals surface area contributed by atoms with Gasteiger partial charge in [0.2, 0.25) is 5.95 Å². The molecule has 1 aliphatic heterocycles. The van der Waals surface area contributed by atoms with Crippen LogP contribution in [0, 0.1) is 0 Å². The highest BCUT2D eigenvalue weighted by molar-refractivity contribution is 5.83. The number of nitrogens with zero attached hydrogens (tertiary/aromatic N) is 6. The van der Waals surface area contributed by atoms with E-state index in [1.54, 1.807) is 18.3 Å². The molecule has 3 aromatic rings. The average Bonchev–Trinajstić information content (AvgIpc) is 3.24. The molecule has 12 nitrogen and oxygen atoms in total.